The Bertz CT molecular complexity index is 1370. The molecule has 0 saturated heterocycles. The smallest absolute Gasteiger partial charge is 0.357 e. The van der Waals surface area contributed by atoms with Crippen molar-refractivity contribution in [3.8, 4) is 0 Å². The van der Waals surface area contributed by atoms with Crippen molar-refractivity contribution in [2.24, 2.45) is 0 Å². The number of nitrogens with one attached hydrogen (secondary N) is 3. The van der Waals surface area contributed by atoms with Crippen molar-refractivity contribution in [1.82, 2.24) is 15.1 Å². The van der Waals surface area contributed by atoms with E-state index in [1.165, 1.54) is 0 Å². The lowest BCUT2D eigenvalue weighted by atomic mass is 10.1. The number of carbonyl (C=O) groups excluding carboxylic acids is 2. The number of benzene rings is 3. The Balaban J connectivity index is 1.24. The van der Waals surface area contributed by atoms with Crippen molar-refractivity contribution in [1.29, 1.82) is 0 Å². The van der Waals surface area contributed by atoms with Crippen LogP contribution in [0.1, 0.15) is 32.0 Å². The SMILES string of the molecule is O=C(Nc1ccc2[nH]nc(C(=O)O)c2c1)c1ccc(NC(=O)N2Cc3ccccc3C2)cc1. The number of urea groups is 1. The molecule has 0 unspecified atom stereocenters. The Morgan fingerprint density at radius 2 is 1.55 bits per heavy atom. The van der Waals surface area contributed by atoms with Crippen LogP contribution in [0.2, 0.25) is 0 Å². The van der Waals surface area contributed by atoms with E-state index in [0.29, 0.717) is 40.9 Å². The lowest BCUT2D eigenvalue weighted by molar-refractivity contribution is 0.0692. The molecule has 9 nitrogen and oxygen atoms in total. The summed E-state index contributed by atoms with van der Waals surface area (Å²) in [5.41, 5.74) is 4.16. The summed E-state index contributed by atoms with van der Waals surface area (Å²) in [6.07, 6.45) is 0. The second-order valence-corrected chi connectivity index (χ2v) is 7.72. The summed E-state index contributed by atoms with van der Waals surface area (Å²) in [6.45, 7) is 1.13. The van der Waals surface area contributed by atoms with E-state index in [0.717, 1.165) is 11.1 Å². The molecule has 164 valence electrons. The molecule has 9 heteroatoms. The molecule has 5 rings (SSSR count). The van der Waals surface area contributed by atoms with Gasteiger partial charge >= 0.3 is 12.0 Å². The summed E-state index contributed by atoms with van der Waals surface area (Å²) < 4.78 is 0. The fourth-order valence-corrected chi connectivity index (χ4v) is 3.84. The minimum absolute atomic E-state index is 0.109. The van der Waals surface area contributed by atoms with Gasteiger partial charge in [0.05, 0.1) is 5.52 Å². The molecule has 4 N–H and O–H groups in total. The van der Waals surface area contributed by atoms with Gasteiger partial charge in [-0.1, -0.05) is 24.3 Å². The number of anilines is 2. The molecule has 0 spiro atoms. The van der Waals surface area contributed by atoms with Gasteiger partial charge in [0.25, 0.3) is 5.91 Å². The normalized spacial score (nSPS) is 12.4. The van der Waals surface area contributed by atoms with Crippen LogP contribution in [0.4, 0.5) is 16.2 Å². The zero-order valence-corrected chi connectivity index (χ0v) is 17.3. The second kappa shape index (κ2) is 8.12. The number of aromatic nitrogens is 2. The average Bonchev–Trinajstić information content (AvgIpc) is 3.43. The van der Waals surface area contributed by atoms with Crippen LogP contribution in [0, 0.1) is 0 Å². The van der Waals surface area contributed by atoms with Crippen LogP contribution in [0.15, 0.2) is 66.7 Å². The van der Waals surface area contributed by atoms with Crippen molar-refractivity contribution >= 4 is 40.2 Å². The van der Waals surface area contributed by atoms with Crippen molar-refractivity contribution < 1.29 is 19.5 Å². The quantitative estimate of drug-likeness (QED) is 0.380. The highest BCUT2D eigenvalue weighted by molar-refractivity contribution is 6.07. The Morgan fingerprint density at radius 3 is 2.21 bits per heavy atom. The highest BCUT2D eigenvalue weighted by Crippen LogP contribution is 2.24. The molecule has 3 aromatic carbocycles. The van der Waals surface area contributed by atoms with E-state index < -0.39 is 5.97 Å². The van der Waals surface area contributed by atoms with Crippen LogP contribution in [0.3, 0.4) is 0 Å². The molecule has 1 aliphatic heterocycles. The molecule has 0 aliphatic carbocycles. The molecular weight excluding hydrogens is 422 g/mol. The van der Waals surface area contributed by atoms with Crippen LogP contribution in [-0.4, -0.2) is 38.1 Å². The topological polar surface area (TPSA) is 127 Å². The van der Waals surface area contributed by atoms with E-state index in [9.17, 15) is 19.5 Å². The Morgan fingerprint density at radius 1 is 0.879 bits per heavy atom. The van der Waals surface area contributed by atoms with Gasteiger partial charge in [-0.15, -0.1) is 0 Å². The second-order valence-electron chi connectivity index (χ2n) is 7.72. The van der Waals surface area contributed by atoms with Gasteiger partial charge in [-0.3, -0.25) is 9.89 Å². The van der Waals surface area contributed by atoms with Gasteiger partial charge in [-0.25, -0.2) is 9.59 Å². The number of hydrogen-bond acceptors (Lipinski definition) is 4. The van der Waals surface area contributed by atoms with Gasteiger partial charge in [-0.05, 0) is 53.6 Å². The summed E-state index contributed by atoms with van der Waals surface area (Å²) in [4.78, 5) is 38.2. The first-order valence-electron chi connectivity index (χ1n) is 10.2. The third-order valence-corrected chi connectivity index (χ3v) is 5.55. The first-order valence-corrected chi connectivity index (χ1v) is 10.2. The fourth-order valence-electron chi connectivity index (χ4n) is 3.84. The van der Waals surface area contributed by atoms with E-state index in [-0.39, 0.29) is 17.6 Å². The molecule has 33 heavy (non-hydrogen) atoms. The summed E-state index contributed by atoms with van der Waals surface area (Å²) in [5.74, 6) is -1.51. The number of rotatable bonds is 4. The number of hydrogen-bond donors (Lipinski definition) is 4. The van der Waals surface area contributed by atoms with Crippen molar-refractivity contribution in [2.45, 2.75) is 13.1 Å². The zero-order valence-electron chi connectivity index (χ0n) is 17.3. The molecule has 1 aliphatic rings. The van der Waals surface area contributed by atoms with Gasteiger partial charge in [-0.2, -0.15) is 5.10 Å². The lowest BCUT2D eigenvalue weighted by Gasteiger charge is -2.16. The number of H-pyrrole nitrogens is 1. The summed E-state index contributed by atoms with van der Waals surface area (Å²) in [7, 11) is 0. The van der Waals surface area contributed by atoms with Gasteiger partial charge in [0.1, 0.15) is 0 Å². The van der Waals surface area contributed by atoms with Gasteiger partial charge in [0.2, 0.25) is 0 Å². The van der Waals surface area contributed by atoms with Crippen molar-refractivity contribution in [3.63, 3.8) is 0 Å². The van der Waals surface area contributed by atoms with Crippen LogP contribution < -0.4 is 10.6 Å². The lowest BCUT2D eigenvalue weighted by Crippen LogP contribution is -2.30. The molecule has 4 aromatic rings. The standard InChI is InChI=1S/C24H19N5O4/c30-22(25-18-9-10-20-19(11-18)21(23(31)32)28-27-20)14-5-7-17(8-6-14)26-24(33)29-12-15-3-1-2-4-16(15)13-29/h1-11H,12-13H2,(H,25,30)(H,26,33)(H,27,28)(H,31,32). The van der Waals surface area contributed by atoms with E-state index in [2.05, 4.69) is 20.8 Å². The monoisotopic (exact) mass is 441 g/mol. The molecule has 0 bridgehead atoms. The maximum atomic E-state index is 12.6. The molecule has 2 heterocycles. The predicted molar refractivity (Wildman–Crippen MR) is 122 cm³/mol. The van der Waals surface area contributed by atoms with Crippen molar-refractivity contribution in [3.05, 3.63) is 89.1 Å². The average molecular weight is 441 g/mol. The summed E-state index contributed by atoms with van der Waals surface area (Å²) >= 11 is 0. The van der Waals surface area contributed by atoms with Crippen molar-refractivity contribution in [2.75, 3.05) is 10.6 Å². The van der Waals surface area contributed by atoms with Crippen LogP contribution in [0.5, 0.6) is 0 Å². The van der Waals surface area contributed by atoms with E-state index in [1.54, 1.807) is 47.4 Å². The van der Waals surface area contributed by atoms with E-state index >= 15 is 0 Å². The molecule has 0 atom stereocenters. The summed E-state index contributed by atoms with van der Waals surface area (Å²) in [6, 6.07) is 19.2. The first-order chi connectivity index (χ1) is 16.0. The number of amides is 3. The minimum atomic E-state index is -1.15. The number of carboxylic acids is 1. The number of carboxylic acid groups (broad SMARTS) is 1. The van der Waals surface area contributed by atoms with Gasteiger partial charge in [0, 0.05) is 35.4 Å². The van der Waals surface area contributed by atoms with Crippen LogP contribution in [0.25, 0.3) is 10.9 Å². The molecular formula is C24H19N5O4. The van der Waals surface area contributed by atoms with Crippen LogP contribution in [-0.2, 0) is 13.1 Å². The molecule has 1 aromatic heterocycles. The maximum absolute atomic E-state index is 12.6. The number of aromatic amines is 1. The predicted octanol–water partition coefficient (Wildman–Crippen LogP) is 4.06. The Kier molecular flexibility index (Phi) is 4.98. The molecule has 3 amide bonds. The van der Waals surface area contributed by atoms with Crippen LogP contribution >= 0.6 is 0 Å². The highest BCUT2D eigenvalue weighted by Gasteiger charge is 2.23. The first kappa shape index (κ1) is 20.3. The third kappa shape index (κ3) is 3.99. The number of aromatic carboxylic acids is 1. The molecule has 0 fully saturated rings. The fraction of sp³-hybridized carbons (Fsp3) is 0.0833. The van der Waals surface area contributed by atoms with Gasteiger partial charge < -0.3 is 20.6 Å². The largest absolute Gasteiger partial charge is 0.476 e. The number of nitrogens with zero attached hydrogens (tertiary/aromatic N) is 2. The Labute approximate surface area is 188 Å². The van der Waals surface area contributed by atoms with E-state index in [1.807, 2.05) is 24.3 Å². The third-order valence-electron chi connectivity index (χ3n) is 5.55. The highest BCUT2D eigenvalue weighted by atomic mass is 16.4. The zero-order chi connectivity index (χ0) is 22.9. The number of carbonyl (C=O) groups is 3. The maximum Gasteiger partial charge on any atom is 0.357 e. The molecule has 0 radical (unpaired) electrons. The van der Waals surface area contributed by atoms with Gasteiger partial charge in [0.15, 0.2) is 5.69 Å². The minimum Gasteiger partial charge on any atom is -0.476 e. The number of fused-ring (bicyclic) bond motifs is 2. The summed E-state index contributed by atoms with van der Waals surface area (Å²) in [5, 5.41) is 21.7. The Hall–Kier alpha value is -4.66. The van der Waals surface area contributed by atoms with E-state index in [4.69, 9.17) is 0 Å². The molecule has 0 saturated carbocycles.